The minimum Gasteiger partial charge on any atom is -0.435 e. The van der Waals surface area contributed by atoms with Crippen LogP contribution < -0.4 is 0 Å². The van der Waals surface area contributed by atoms with Gasteiger partial charge in [0.1, 0.15) is 11.1 Å². The maximum atomic E-state index is 12.9. The average Bonchev–Trinajstić information content (AvgIpc) is 3.25. The first-order chi connectivity index (χ1) is 14.0. The molecule has 0 fully saturated rings. The lowest BCUT2D eigenvalue weighted by molar-refractivity contribution is -0.123. The van der Waals surface area contributed by atoms with Gasteiger partial charge in [-0.2, -0.15) is 10.2 Å². The second-order valence-corrected chi connectivity index (χ2v) is 7.11. The van der Waals surface area contributed by atoms with Crippen LogP contribution in [0, 0.1) is 11.3 Å². The third-order valence-electron chi connectivity index (χ3n) is 5.08. The topological polar surface area (TPSA) is 75.1 Å². The van der Waals surface area contributed by atoms with Crippen LogP contribution >= 0.6 is 12.2 Å². The van der Waals surface area contributed by atoms with Gasteiger partial charge < -0.3 is 8.98 Å². The van der Waals surface area contributed by atoms with Crippen LogP contribution in [0.2, 0.25) is 0 Å². The summed E-state index contributed by atoms with van der Waals surface area (Å²) in [6, 6.07) is 14.0. The fraction of sp³-hybridized carbons (Fsp3) is 0.182. The number of nitrogens with zero attached hydrogens (tertiary/aromatic N) is 4. The van der Waals surface area contributed by atoms with Crippen molar-refractivity contribution >= 4 is 40.4 Å². The number of fused-ring (bicyclic) bond motifs is 1. The van der Waals surface area contributed by atoms with Gasteiger partial charge in [0.2, 0.25) is 5.89 Å². The smallest absolute Gasteiger partial charge is 0.259 e. The van der Waals surface area contributed by atoms with Crippen LogP contribution in [0.5, 0.6) is 0 Å². The number of nitriles is 1. The van der Waals surface area contributed by atoms with E-state index in [4.69, 9.17) is 16.6 Å². The van der Waals surface area contributed by atoms with Gasteiger partial charge in [0.25, 0.3) is 5.91 Å². The Hall–Kier alpha value is -3.50. The summed E-state index contributed by atoms with van der Waals surface area (Å²) in [5, 5.41) is 9.47. The van der Waals surface area contributed by atoms with E-state index in [0.717, 1.165) is 11.3 Å². The van der Waals surface area contributed by atoms with Crippen molar-refractivity contribution in [1.29, 1.82) is 5.26 Å². The van der Waals surface area contributed by atoms with Gasteiger partial charge in [-0.05, 0) is 25.0 Å². The number of amides is 1. The van der Waals surface area contributed by atoms with Gasteiger partial charge in [-0.3, -0.25) is 9.69 Å². The largest absolute Gasteiger partial charge is 0.435 e. The van der Waals surface area contributed by atoms with E-state index < -0.39 is 0 Å². The second kappa shape index (κ2) is 7.15. The van der Waals surface area contributed by atoms with Crippen LogP contribution in [0.3, 0.4) is 0 Å². The zero-order chi connectivity index (χ0) is 20.7. The maximum absolute atomic E-state index is 12.9. The number of thiocarbonyl (C=S) groups is 1. The predicted octanol–water partition coefficient (Wildman–Crippen LogP) is 4.25. The molecule has 1 aromatic carbocycles. The van der Waals surface area contributed by atoms with Crippen molar-refractivity contribution in [3.8, 4) is 17.3 Å². The Labute approximate surface area is 173 Å². The minimum atomic E-state index is -0.249. The summed E-state index contributed by atoms with van der Waals surface area (Å²) in [4.78, 5) is 19.1. The number of rotatable bonds is 3. The standard InChI is InChI=1S/C22H18N4O2S/c1-4-26-21(27)15(13(2)16(12-23)22(26)29)10-19-24-20-18(28-19)11-17(25(20)3)14-8-6-5-7-9-14/h5-11H,4H2,1-3H3/b15-10-. The van der Waals surface area contributed by atoms with Gasteiger partial charge in [0.05, 0.1) is 11.3 Å². The quantitative estimate of drug-likeness (QED) is 0.484. The molecule has 144 valence electrons. The van der Waals surface area contributed by atoms with Crippen molar-refractivity contribution in [1.82, 2.24) is 14.5 Å². The molecule has 3 heterocycles. The number of aromatic nitrogens is 2. The van der Waals surface area contributed by atoms with Crippen molar-refractivity contribution in [2.24, 2.45) is 7.05 Å². The summed E-state index contributed by atoms with van der Waals surface area (Å²) in [6.45, 7) is 3.93. The molecule has 7 heteroatoms. The summed E-state index contributed by atoms with van der Waals surface area (Å²) in [7, 11) is 1.92. The van der Waals surface area contributed by atoms with Gasteiger partial charge in [0, 0.05) is 31.3 Å². The monoisotopic (exact) mass is 402 g/mol. The average molecular weight is 402 g/mol. The molecule has 0 spiro atoms. The Kier molecular flexibility index (Phi) is 4.65. The van der Waals surface area contributed by atoms with E-state index in [1.807, 2.05) is 54.9 Å². The van der Waals surface area contributed by atoms with Gasteiger partial charge in [-0.15, -0.1) is 0 Å². The fourth-order valence-electron chi connectivity index (χ4n) is 3.50. The number of aryl methyl sites for hydroxylation is 1. The molecule has 0 unspecified atom stereocenters. The molecular formula is C22H18N4O2S. The molecule has 29 heavy (non-hydrogen) atoms. The van der Waals surface area contributed by atoms with Gasteiger partial charge >= 0.3 is 0 Å². The van der Waals surface area contributed by atoms with E-state index in [0.29, 0.717) is 40.4 Å². The highest BCUT2D eigenvalue weighted by Gasteiger charge is 2.32. The summed E-state index contributed by atoms with van der Waals surface area (Å²) >= 11 is 5.29. The number of carbonyl (C=O) groups is 1. The van der Waals surface area contributed by atoms with Crippen LogP contribution in [0.25, 0.3) is 28.6 Å². The molecule has 4 rings (SSSR count). The first kappa shape index (κ1) is 18.8. The Morgan fingerprint density at radius 3 is 2.66 bits per heavy atom. The SMILES string of the molecule is CCN1C(=O)/C(=C\c2nc3c(cc(-c4ccccc4)n3C)o2)C(C)=C(C#N)C1=S. The number of hydrogen-bond donors (Lipinski definition) is 0. The summed E-state index contributed by atoms with van der Waals surface area (Å²) in [6.07, 6.45) is 1.58. The first-order valence-corrected chi connectivity index (χ1v) is 9.58. The van der Waals surface area contributed by atoms with E-state index in [-0.39, 0.29) is 10.9 Å². The molecule has 1 aliphatic heterocycles. The molecule has 6 nitrogen and oxygen atoms in total. The Balaban J connectivity index is 1.80. The normalized spacial score (nSPS) is 16.2. The number of hydrogen-bond acceptors (Lipinski definition) is 5. The lowest BCUT2D eigenvalue weighted by Crippen LogP contribution is -2.41. The third kappa shape index (κ3) is 2.98. The molecule has 0 N–H and O–H groups in total. The van der Waals surface area contributed by atoms with Crippen molar-refractivity contribution in [3.63, 3.8) is 0 Å². The molecule has 0 bridgehead atoms. The van der Waals surface area contributed by atoms with Crippen molar-refractivity contribution in [2.75, 3.05) is 6.54 Å². The summed E-state index contributed by atoms with van der Waals surface area (Å²) in [5.74, 6) is 0.0651. The molecule has 2 aromatic heterocycles. The van der Waals surface area contributed by atoms with Gasteiger partial charge in [-0.1, -0.05) is 42.5 Å². The molecule has 0 radical (unpaired) electrons. The lowest BCUT2D eigenvalue weighted by atomic mass is 9.95. The predicted molar refractivity (Wildman–Crippen MR) is 115 cm³/mol. The molecule has 3 aromatic rings. The van der Waals surface area contributed by atoms with E-state index >= 15 is 0 Å². The van der Waals surface area contributed by atoms with Crippen LogP contribution in [0.15, 0.2) is 57.5 Å². The summed E-state index contributed by atoms with van der Waals surface area (Å²) < 4.78 is 7.85. The maximum Gasteiger partial charge on any atom is 0.259 e. The Morgan fingerprint density at radius 2 is 2.03 bits per heavy atom. The second-order valence-electron chi connectivity index (χ2n) is 6.72. The van der Waals surface area contributed by atoms with Gasteiger partial charge in [0.15, 0.2) is 11.2 Å². The highest BCUT2D eigenvalue weighted by Crippen LogP contribution is 2.31. The highest BCUT2D eigenvalue weighted by atomic mass is 32.1. The Bertz CT molecular complexity index is 1260. The van der Waals surface area contributed by atoms with Gasteiger partial charge in [-0.25, -0.2) is 0 Å². The number of carbonyl (C=O) groups excluding carboxylic acids is 1. The molecule has 0 aliphatic carbocycles. The lowest BCUT2D eigenvalue weighted by Gasteiger charge is -2.28. The van der Waals surface area contributed by atoms with Crippen molar-refractivity contribution in [2.45, 2.75) is 13.8 Å². The van der Waals surface area contributed by atoms with Crippen LogP contribution in [0.1, 0.15) is 19.7 Å². The fourth-order valence-corrected chi connectivity index (χ4v) is 3.91. The third-order valence-corrected chi connectivity index (χ3v) is 5.50. The molecular weight excluding hydrogens is 384 g/mol. The van der Waals surface area contributed by atoms with Crippen molar-refractivity contribution in [3.05, 3.63) is 59.0 Å². The van der Waals surface area contributed by atoms with Crippen LogP contribution in [-0.2, 0) is 11.8 Å². The zero-order valence-electron chi connectivity index (χ0n) is 16.3. The van der Waals surface area contributed by atoms with E-state index in [1.54, 1.807) is 13.0 Å². The molecule has 1 aliphatic rings. The van der Waals surface area contributed by atoms with Crippen LogP contribution in [0.4, 0.5) is 0 Å². The highest BCUT2D eigenvalue weighted by molar-refractivity contribution is 7.80. The van der Waals surface area contributed by atoms with E-state index in [1.165, 1.54) is 4.90 Å². The molecule has 0 saturated carbocycles. The zero-order valence-corrected chi connectivity index (χ0v) is 17.1. The van der Waals surface area contributed by atoms with Crippen LogP contribution in [-0.4, -0.2) is 31.9 Å². The Morgan fingerprint density at radius 1 is 1.31 bits per heavy atom. The molecule has 1 amide bonds. The number of oxazole rings is 1. The van der Waals surface area contributed by atoms with E-state index in [2.05, 4.69) is 11.1 Å². The first-order valence-electron chi connectivity index (χ1n) is 9.17. The van der Waals surface area contributed by atoms with Crippen molar-refractivity contribution < 1.29 is 9.21 Å². The number of likely N-dealkylation sites (N-methyl/N-ethyl adjacent to an activating group) is 1. The molecule has 0 saturated heterocycles. The van der Waals surface area contributed by atoms with E-state index in [9.17, 15) is 10.1 Å². The number of benzene rings is 1. The molecule has 0 atom stereocenters. The minimum absolute atomic E-state index is 0.249. The summed E-state index contributed by atoms with van der Waals surface area (Å²) in [5.41, 5.74) is 4.61.